The van der Waals surface area contributed by atoms with Crippen molar-refractivity contribution in [2.45, 2.75) is 58.3 Å². The van der Waals surface area contributed by atoms with Gasteiger partial charge in [0.15, 0.2) is 11.4 Å². The molecule has 1 saturated carbocycles. The maximum absolute atomic E-state index is 14.2. The second-order valence-electron chi connectivity index (χ2n) is 10.5. The van der Waals surface area contributed by atoms with Crippen molar-refractivity contribution in [1.29, 1.82) is 0 Å². The fourth-order valence-corrected chi connectivity index (χ4v) is 4.55. The largest absolute Gasteiger partial charge is 0.483 e. The first-order valence-electron chi connectivity index (χ1n) is 12.9. The fraction of sp³-hybridized carbons (Fsp3) is 0.333. The van der Waals surface area contributed by atoms with E-state index in [9.17, 15) is 28.0 Å². The van der Waals surface area contributed by atoms with Crippen LogP contribution in [0.1, 0.15) is 65.6 Å². The summed E-state index contributed by atoms with van der Waals surface area (Å²) in [6.45, 7) is 5.04. The molecule has 0 saturated heterocycles. The van der Waals surface area contributed by atoms with E-state index in [0.29, 0.717) is 6.07 Å². The molecule has 4 rings (SSSR count). The molecule has 0 atom stereocenters. The van der Waals surface area contributed by atoms with Gasteiger partial charge in [-0.05, 0) is 32.4 Å². The molecule has 1 fully saturated rings. The van der Waals surface area contributed by atoms with E-state index >= 15 is 0 Å². The van der Waals surface area contributed by atoms with Crippen LogP contribution >= 0.6 is 0 Å². The van der Waals surface area contributed by atoms with Crippen LogP contribution < -0.4 is 15.5 Å². The Bertz CT molecular complexity index is 1510. The van der Waals surface area contributed by atoms with Gasteiger partial charge < -0.3 is 19.5 Å². The maximum atomic E-state index is 14.2. The Labute approximate surface area is 230 Å². The topological polar surface area (TPSA) is 97.7 Å². The normalized spacial score (nSPS) is 14.0. The van der Waals surface area contributed by atoms with Crippen molar-refractivity contribution in [2.24, 2.45) is 0 Å². The van der Waals surface area contributed by atoms with E-state index < -0.39 is 34.4 Å². The minimum absolute atomic E-state index is 0.0255. The van der Waals surface area contributed by atoms with Gasteiger partial charge in [-0.3, -0.25) is 19.2 Å². The van der Waals surface area contributed by atoms with Gasteiger partial charge in [0.2, 0.25) is 5.43 Å². The second-order valence-corrected chi connectivity index (χ2v) is 10.5. The predicted octanol–water partition coefficient (Wildman–Crippen LogP) is 4.19. The Kier molecular flexibility index (Phi) is 8.18. The number of nitrogens with one attached hydrogen (secondary N) is 1. The Hall–Kier alpha value is -4.34. The molecule has 1 aliphatic carbocycles. The number of ketones is 1. The van der Waals surface area contributed by atoms with Gasteiger partial charge >= 0.3 is 0 Å². The molecule has 210 valence electrons. The van der Waals surface area contributed by atoms with E-state index in [0.717, 1.165) is 11.6 Å². The van der Waals surface area contributed by atoms with Crippen LogP contribution in [0.15, 0.2) is 59.5 Å². The van der Waals surface area contributed by atoms with Crippen molar-refractivity contribution in [2.75, 3.05) is 7.05 Å². The molecule has 1 heterocycles. The van der Waals surface area contributed by atoms with E-state index in [2.05, 4.69) is 5.32 Å². The monoisotopic (exact) mass is 551 g/mol. The van der Waals surface area contributed by atoms with Crippen LogP contribution in [0, 0.1) is 11.6 Å². The van der Waals surface area contributed by atoms with Gasteiger partial charge in [0.25, 0.3) is 11.8 Å². The minimum atomic E-state index is -0.878. The zero-order valence-electron chi connectivity index (χ0n) is 22.8. The number of hydrogen-bond acceptors (Lipinski definition) is 5. The third-order valence-electron chi connectivity index (χ3n) is 7.13. The fourth-order valence-electron chi connectivity index (χ4n) is 4.55. The molecule has 3 aromatic rings. The van der Waals surface area contributed by atoms with Crippen LogP contribution in [0.5, 0.6) is 5.75 Å². The van der Waals surface area contributed by atoms with Crippen molar-refractivity contribution in [3.05, 3.63) is 99.0 Å². The number of nitrogens with zero attached hydrogens (tertiary/aromatic N) is 2. The number of amides is 2. The summed E-state index contributed by atoms with van der Waals surface area (Å²) in [4.78, 5) is 54.3. The summed E-state index contributed by atoms with van der Waals surface area (Å²) in [5, 5.41) is 2.50. The number of hydrogen-bond donors (Lipinski definition) is 1. The van der Waals surface area contributed by atoms with Crippen LogP contribution in [0.2, 0.25) is 0 Å². The first-order chi connectivity index (χ1) is 18.9. The molecule has 2 aromatic carbocycles. The molecule has 40 heavy (non-hydrogen) atoms. The Balaban J connectivity index is 1.82. The van der Waals surface area contributed by atoms with E-state index in [4.69, 9.17) is 4.74 Å². The number of rotatable bonds is 9. The molecule has 0 unspecified atom stereocenters. The number of pyridine rings is 1. The molecule has 0 radical (unpaired) electrons. The van der Waals surface area contributed by atoms with Crippen molar-refractivity contribution in [1.82, 2.24) is 14.8 Å². The quantitative estimate of drug-likeness (QED) is 0.430. The summed E-state index contributed by atoms with van der Waals surface area (Å²) >= 11 is 0. The van der Waals surface area contributed by atoms with Crippen molar-refractivity contribution in [3.63, 3.8) is 0 Å². The van der Waals surface area contributed by atoms with Gasteiger partial charge in [-0.2, -0.15) is 0 Å². The number of carbonyl (C=O) groups is 3. The lowest BCUT2D eigenvalue weighted by Gasteiger charge is -2.41. The smallest absolute Gasteiger partial charge is 0.274 e. The molecule has 0 bridgehead atoms. The van der Waals surface area contributed by atoms with Gasteiger partial charge in [-0.1, -0.05) is 36.4 Å². The van der Waals surface area contributed by atoms with Crippen LogP contribution in [-0.2, 0) is 23.5 Å². The SMILES string of the molecule is CC(C)N(C)C(=O)c1c(OCc2ccccc2)c(=O)c(C(=O)NCc2ccc(F)cc2F)cn1C1(C)CC(=O)C1. The Morgan fingerprint density at radius 1 is 1.10 bits per heavy atom. The van der Waals surface area contributed by atoms with Gasteiger partial charge in [-0.25, -0.2) is 8.78 Å². The first kappa shape index (κ1) is 28.7. The van der Waals surface area contributed by atoms with Crippen LogP contribution in [0.3, 0.4) is 0 Å². The molecule has 1 aromatic heterocycles. The highest BCUT2D eigenvalue weighted by Crippen LogP contribution is 2.38. The van der Waals surface area contributed by atoms with Gasteiger partial charge in [0, 0.05) is 50.3 Å². The van der Waals surface area contributed by atoms with Crippen LogP contribution in [0.25, 0.3) is 0 Å². The molecule has 8 nitrogen and oxygen atoms in total. The molecule has 2 amide bonds. The summed E-state index contributed by atoms with van der Waals surface area (Å²) in [6, 6.07) is 11.7. The molecule has 1 aliphatic rings. The number of Topliss-reactive ketones (excluding diaryl/α,β-unsaturated/α-hetero) is 1. The number of carbonyl (C=O) groups excluding carboxylic acids is 3. The average molecular weight is 552 g/mol. The molecule has 0 aliphatic heterocycles. The highest BCUT2D eigenvalue weighted by molar-refractivity contribution is 5.99. The van der Waals surface area contributed by atoms with Crippen LogP contribution in [-0.4, -0.2) is 40.2 Å². The van der Waals surface area contributed by atoms with Crippen molar-refractivity contribution >= 4 is 17.6 Å². The zero-order chi connectivity index (χ0) is 29.2. The second kappa shape index (κ2) is 11.4. The number of halogens is 2. The molecular weight excluding hydrogens is 520 g/mol. The summed E-state index contributed by atoms with van der Waals surface area (Å²) < 4.78 is 34.9. The molecule has 10 heteroatoms. The summed E-state index contributed by atoms with van der Waals surface area (Å²) in [6.07, 6.45) is 1.46. The predicted molar refractivity (Wildman–Crippen MR) is 144 cm³/mol. The minimum Gasteiger partial charge on any atom is -0.483 e. The van der Waals surface area contributed by atoms with E-state index in [1.165, 1.54) is 21.7 Å². The first-order valence-corrected chi connectivity index (χ1v) is 12.9. The summed E-state index contributed by atoms with van der Waals surface area (Å²) in [5.41, 5.74) is -1.34. The van der Waals surface area contributed by atoms with Gasteiger partial charge in [0.1, 0.15) is 29.6 Å². The van der Waals surface area contributed by atoms with Crippen LogP contribution in [0.4, 0.5) is 8.78 Å². The maximum Gasteiger partial charge on any atom is 0.274 e. The van der Waals surface area contributed by atoms with Crippen molar-refractivity contribution < 1.29 is 27.9 Å². The number of aromatic nitrogens is 1. The lowest BCUT2D eigenvalue weighted by Crippen LogP contribution is -2.49. The molecular formula is C30H31F2N3O5. The van der Waals surface area contributed by atoms with E-state index in [1.807, 2.05) is 19.9 Å². The number of benzene rings is 2. The average Bonchev–Trinajstić information content (AvgIpc) is 2.90. The lowest BCUT2D eigenvalue weighted by molar-refractivity contribution is -0.130. The molecule has 1 N–H and O–H groups in total. The van der Waals surface area contributed by atoms with E-state index in [1.54, 1.807) is 38.2 Å². The zero-order valence-corrected chi connectivity index (χ0v) is 22.8. The molecule has 0 spiro atoms. The Morgan fingerprint density at radius 2 is 1.77 bits per heavy atom. The Morgan fingerprint density at radius 3 is 2.38 bits per heavy atom. The number of ether oxygens (including phenoxy) is 1. The summed E-state index contributed by atoms with van der Waals surface area (Å²) in [7, 11) is 1.59. The standard InChI is InChI=1S/C30H31F2N3O5/c1-18(2)34(4)29(39)25-27(40-17-19-8-6-5-7-9-19)26(37)23(16-35(25)30(3)13-22(36)14-30)28(38)33-15-20-10-11-21(31)12-24(20)32/h5-12,16,18H,13-15,17H2,1-4H3,(H,33,38). The van der Waals surface area contributed by atoms with Gasteiger partial charge in [-0.15, -0.1) is 0 Å². The third-order valence-corrected chi connectivity index (χ3v) is 7.13. The third kappa shape index (κ3) is 5.80. The summed E-state index contributed by atoms with van der Waals surface area (Å²) in [5.74, 6) is -3.29. The highest BCUT2D eigenvalue weighted by atomic mass is 19.1. The van der Waals surface area contributed by atoms with Gasteiger partial charge in [0.05, 0.1) is 5.54 Å². The lowest BCUT2D eigenvalue weighted by atomic mass is 9.76. The highest BCUT2D eigenvalue weighted by Gasteiger charge is 2.44. The van der Waals surface area contributed by atoms with E-state index in [-0.39, 0.29) is 60.4 Å². The van der Waals surface area contributed by atoms with Crippen molar-refractivity contribution in [3.8, 4) is 5.75 Å².